The lowest BCUT2D eigenvalue weighted by atomic mass is 9.86. The molecule has 2 saturated heterocycles. The van der Waals surface area contributed by atoms with Gasteiger partial charge in [-0.1, -0.05) is 12.1 Å². The molecular formula is C22H31N3O3. The molecule has 1 aromatic carbocycles. The number of carboxylic acid groups (broad SMARTS) is 1. The molecule has 3 aliphatic rings. The van der Waals surface area contributed by atoms with Gasteiger partial charge >= 0.3 is 5.97 Å². The first-order chi connectivity index (χ1) is 13.6. The fourth-order valence-electron chi connectivity index (χ4n) is 4.95. The zero-order valence-corrected chi connectivity index (χ0v) is 16.5. The second kappa shape index (κ2) is 8.52. The molecule has 0 bridgehead atoms. The van der Waals surface area contributed by atoms with E-state index in [1.165, 1.54) is 29.7 Å². The topological polar surface area (TPSA) is 72.9 Å². The van der Waals surface area contributed by atoms with Gasteiger partial charge in [0.1, 0.15) is 0 Å². The van der Waals surface area contributed by atoms with Gasteiger partial charge in [0.25, 0.3) is 0 Å². The Morgan fingerprint density at radius 2 is 1.82 bits per heavy atom. The summed E-state index contributed by atoms with van der Waals surface area (Å²) in [5, 5.41) is 12.4. The Morgan fingerprint density at radius 3 is 2.54 bits per heavy atom. The van der Waals surface area contributed by atoms with E-state index in [0.717, 1.165) is 45.3 Å². The van der Waals surface area contributed by atoms with Crippen LogP contribution in [-0.4, -0.2) is 66.1 Å². The molecule has 3 heterocycles. The Bertz CT molecular complexity index is 720. The number of fused-ring (bicyclic) bond motifs is 1. The number of benzene rings is 1. The molecule has 0 aromatic heterocycles. The molecule has 152 valence electrons. The van der Waals surface area contributed by atoms with E-state index in [4.69, 9.17) is 5.11 Å². The third-order valence-corrected chi connectivity index (χ3v) is 6.65. The predicted octanol–water partition coefficient (Wildman–Crippen LogP) is 2.55. The standard InChI is InChI=1S/C22H31N3O3/c26-21(27)15-24-10-5-18(6-11-24)22(28)25-12-7-16(8-13-25)19-4-3-17-2-1-9-23-20(17)14-19/h3-4,14,16,18,23H,1-2,5-13,15H2,(H,26,27). The number of likely N-dealkylation sites (tertiary alicyclic amines) is 2. The van der Waals surface area contributed by atoms with E-state index in [0.29, 0.717) is 19.0 Å². The van der Waals surface area contributed by atoms with Crippen molar-refractivity contribution in [1.29, 1.82) is 0 Å². The van der Waals surface area contributed by atoms with Gasteiger partial charge in [-0.15, -0.1) is 0 Å². The smallest absolute Gasteiger partial charge is 0.317 e. The minimum absolute atomic E-state index is 0.0644. The highest BCUT2D eigenvalue weighted by molar-refractivity contribution is 5.79. The van der Waals surface area contributed by atoms with Gasteiger partial charge in [0.2, 0.25) is 5.91 Å². The number of hydrogen-bond acceptors (Lipinski definition) is 4. The zero-order valence-electron chi connectivity index (χ0n) is 16.5. The highest BCUT2D eigenvalue weighted by Gasteiger charge is 2.31. The highest BCUT2D eigenvalue weighted by atomic mass is 16.4. The molecule has 0 unspecified atom stereocenters. The molecule has 0 radical (unpaired) electrons. The van der Waals surface area contributed by atoms with Gasteiger partial charge in [-0.25, -0.2) is 0 Å². The number of amides is 1. The van der Waals surface area contributed by atoms with Crippen LogP contribution >= 0.6 is 0 Å². The normalized spacial score (nSPS) is 21.8. The van der Waals surface area contributed by atoms with Gasteiger partial charge in [-0.3, -0.25) is 14.5 Å². The molecule has 1 aromatic rings. The third-order valence-electron chi connectivity index (χ3n) is 6.65. The minimum Gasteiger partial charge on any atom is -0.480 e. The van der Waals surface area contributed by atoms with Crippen molar-refractivity contribution >= 4 is 17.6 Å². The Morgan fingerprint density at radius 1 is 1.07 bits per heavy atom. The van der Waals surface area contributed by atoms with E-state index >= 15 is 0 Å². The van der Waals surface area contributed by atoms with Crippen LogP contribution in [0.15, 0.2) is 18.2 Å². The molecule has 0 aliphatic carbocycles. The van der Waals surface area contributed by atoms with E-state index in [9.17, 15) is 9.59 Å². The lowest BCUT2D eigenvalue weighted by Crippen LogP contribution is -2.46. The predicted molar refractivity (Wildman–Crippen MR) is 109 cm³/mol. The maximum Gasteiger partial charge on any atom is 0.317 e. The molecule has 28 heavy (non-hydrogen) atoms. The van der Waals surface area contributed by atoms with Crippen molar-refractivity contribution in [2.24, 2.45) is 5.92 Å². The number of nitrogens with one attached hydrogen (secondary N) is 1. The Balaban J connectivity index is 1.28. The maximum atomic E-state index is 12.9. The number of hydrogen-bond donors (Lipinski definition) is 2. The first-order valence-electron chi connectivity index (χ1n) is 10.7. The van der Waals surface area contributed by atoms with E-state index in [1.54, 1.807) is 0 Å². The number of carbonyl (C=O) groups excluding carboxylic acids is 1. The monoisotopic (exact) mass is 385 g/mol. The average Bonchev–Trinajstić information content (AvgIpc) is 2.73. The van der Waals surface area contributed by atoms with Crippen LogP contribution in [0.3, 0.4) is 0 Å². The second-order valence-corrected chi connectivity index (χ2v) is 8.49. The summed E-state index contributed by atoms with van der Waals surface area (Å²) in [4.78, 5) is 27.7. The molecule has 0 saturated carbocycles. The largest absolute Gasteiger partial charge is 0.480 e. The summed E-state index contributed by atoms with van der Waals surface area (Å²) in [6.45, 7) is 4.24. The van der Waals surface area contributed by atoms with Crippen LogP contribution < -0.4 is 5.32 Å². The maximum absolute atomic E-state index is 12.9. The van der Waals surface area contributed by atoms with Crippen molar-refractivity contribution in [3.8, 4) is 0 Å². The highest BCUT2D eigenvalue weighted by Crippen LogP contribution is 2.33. The molecule has 3 aliphatic heterocycles. The fourth-order valence-corrected chi connectivity index (χ4v) is 4.95. The summed E-state index contributed by atoms with van der Waals surface area (Å²) in [5.41, 5.74) is 4.13. The summed E-state index contributed by atoms with van der Waals surface area (Å²) in [7, 11) is 0. The van der Waals surface area contributed by atoms with Crippen LogP contribution in [0.2, 0.25) is 0 Å². The lowest BCUT2D eigenvalue weighted by molar-refractivity contribution is -0.140. The molecule has 4 rings (SSSR count). The van der Waals surface area contributed by atoms with E-state index in [1.807, 2.05) is 9.80 Å². The lowest BCUT2D eigenvalue weighted by Gasteiger charge is -2.37. The van der Waals surface area contributed by atoms with Crippen LogP contribution in [0, 0.1) is 5.92 Å². The zero-order chi connectivity index (χ0) is 19.5. The van der Waals surface area contributed by atoms with Crippen LogP contribution in [0.1, 0.15) is 49.1 Å². The van der Waals surface area contributed by atoms with E-state index < -0.39 is 5.97 Å². The number of aryl methyl sites for hydroxylation is 1. The molecule has 2 N–H and O–H groups in total. The summed E-state index contributed by atoms with van der Waals surface area (Å²) in [5.74, 6) is 0.0924. The molecule has 2 fully saturated rings. The molecule has 0 spiro atoms. The van der Waals surface area contributed by atoms with Crippen LogP contribution in [0.4, 0.5) is 5.69 Å². The molecule has 1 amide bonds. The summed E-state index contributed by atoms with van der Waals surface area (Å²) >= 11 is 0. The fraction of sp³-hybridized carbons (Fsp3) is 0.636. The second-order valence-electron chi connectivity index (χ2n) is 8.49. The number of anilines is 1. The van der Waals surface area contributed by atoms with Crippen LogP contribution in [0.5, 0.6) is 0 Å². The number of piperidine rings is 2. The number of carboxylic acids is 1. The van der Waals surface area contributed by atoms with Crippen molar-refractivity contribution in [3.05, 3.63) is 29.3 Å². The van der Waals surface area contributed by atoms with Crippen molar-refractivity contribution in [1.82, 2.24) is 9.80 Å². The van der Waals surface area contributed by atoms with Gasteiger partial charge in [0.15, 0.2) is 0 Å². The molecule has 6 nitrogen and oxygen atoms in total. The van der Waals surface area contributed by atoms with Gasteiger partial charge < -0.3 is 15.3 Å². The number of rotatable bonds is 4. The quantitative estimate of drug-likeness (QED) is 0.833. The third kappa shape index (κ3) is 4.32. The van der Waals surface area contributed by atoms with Crippen molar-refractivity contribution in [2.45, 2.75) is 44.4 Å². The minimum atomic E-state index is -0.788. The van der Waals surface area contributed by atoms with Crippen molar-refractivity contribution in [3.63, 3.8) is 0 Å². The van der Waals surface area contributed by atoms with Gasteiger partial charge in [-0.05, 0) is 74.7 Å². The van der Waals surface area contributed by atoms with Crippen molar-refractivity contribution < 1.29 is 14.7 Å². The van der Waals surface area contributed by atoms with Gasteiger partial charge in [0.05, 0.1) is 6.54 Å². The van der Waals surface area contributed by atoms with Gasteiger partial charge in [0, 0.05) is 31.2 Å². The molecular weight excluding hydrogens is 354 g/mol. The van der Waals surface area contributed by atoms with Crippen LogP contribution in [-0.2, 0) is 16.0 Å². The van der Waals surface area contributed by atoms with Crippen molar-refractivity contribution in [2.75, 3.05) is 44.6 Å². The summed E-state index contributed by atoms with van der Waals surface area (Å²) in [6, 6.07) is 6.89. The average molecular weight is 386 g/mol. The molecule has 6 heteroatoms. The Labute approximate surface area is 166 Å². The number of carbonyl (C=O) groups is 2. The summed E-state index contributed by atoms with van der Waals surface area (Å²) in [6.07, 6.45) is 6.00. The first kappa shape index (κ1) is 19.2. The number of nitrogens with zero attached hydrogens (tertiary/aromatic N) is 2. The first-order valence-corrected chi connectivity index (χ1v) is 10.7. The van der Waals surface area contributed by atoms with Crippen LogP contribution in [0.25, 0.3) is 0 Å². The molecule has 0 atom stereocenters. The summed E-state index contributed by atoms with van der Waals surface area (Å²) < 4.78 is 0. The van der Waals surface area contributed by atoms with E-state index in [-0.39, 0.29) is 18.4 Å². The van der Waals surface area contributed by atoms with E-state index in [2.05, 4.69) is 23.5 Å². The Kier molecular flexibility index (Phi) is 5.85. The van der Waals surface area contributed by atoms with Gasteiger partial charge in [-0.2, -0.15) is 0 Å². The number of aliphatic carboxylic acids is 1. The SMILES string of the molecule is O=C(O)CN1CCC(C(=O)N2CCC(c3ccc4c(c3)NCCC4)CC2)CC1. The Hall–Kier alpha value is -2.08.